The first-order valence-corrected chi connectivity index (χ1v) is 6.55. The number of nitrogens with one attached hydrogen (secondary N) is 1. The normalized spacial score (nSPS) is 12.5. The van der Waals surface area contributed by atoms with Gasteiger partial charge in [-0.15, -0.1) is 0 Å². The SMILES string of the molecule is CC(CN)CCCNc1nccc(OC(C)C)n1. The molecule has 0 aliphatic carbocycles. The molecule has 0 radical (unpaired) electrons. The van der Waals surface area contributed by atoms with Crippen molar-refractivity contribution in [1.82, 2.24) is 9.97 Å². The van der Waals surface area contributed by atoms with E-state index in [1.54, 1.807) is 12.3 Å². The number of ether oxygens (including phenoxy) is 1. The van der Waals surface area contributed by atoms with Crippen molar-refractivity contribution in [2.75, 3.05) is 18.4 Å². The third-order valence-electron chi connectivity index (χ3n) is 2.55. The molecule has 0 aliphatic heterocycles. The van der Waals surface area contributed by atoms with Crippen LogP contribution in [0.4, 0.5) is 5.95 Å². The van der Waals surface area contributed by atoms with Gasteiger partial charge in [0.25, 0.3) is 0 Å². The fraction of sp³-hybridized carbons (Fsp3) is 0.692. The molecular formula is C13H24N4O. The highest BCUT2D eigenvalue weighted by Crippen LogP contribution is 2.10. The summed E-state index contributed by atoms with van der Waals surface area (Å²) >= 11 is 0. The summed E-state index contributed by atoms with van der Waals surface area (Å²) in [5.41, 5.74) is 5.57. The van der Waals surface area contributed by atoms with E-state index in [4.69, 9.17) is 10.5 Å². The summed E-state index contributed by atoms with van der Waals surface area (Å²) in [7, 11) is 0. The number of hydrogen-bond acceptors (Lipinski definition) is 5. The van der Waals surface area contributed by atoms with Crippen molar-refractivity contribution in [2.24, 2.45) is 11.7 Å². The Balaban J connectivity index is 2.33. The Hall–Kier alpha value is -1.36. The molecule has 18 heavy (non-hydrogen) atoms. The van der Waals surface area contributed by atoms with Crippen LogP contribution >= 0.6 is 0 Å². The van der Waals surface area contributed by atoms with E-state index >= 15 is 0 Å². The maximum absolute atomic E-state index is 5.57. The lowest BCUT2D eigenvalue weighted by Crippen LogP contribution is -2.13. The lowest BCUT2D eigenvalue weighted by Gasteiger charge is -2.11. The van der Waals surface area contributed by atoms with Crippen LogP contribution in [-0.2, 0) is 0 Å². The van der Waals surface area contributed by atoms with Crippen LogP contribution in [0.5, 0.6) is 5.88 Å². The zero-order valence-electron chi connectivity index (χ0n) is 11.5. The molecule has 102 valence electrons. The monoisotopic (exact) mass is 252 g/mol. The first kappa shape index (κ1) is 14.7. The second-order valence-corrected chi connectivity index (χ2v) is 4.79. The van der Waals surface area contributed by atoms with Crippen LogP contribution in [0.25, 0.3) is 0 Å². The Bertz CT molecular complexity index is 344. The average Bonchev–Trinajstić information content (AvgIpc) is 2.34. The highest BCUT2D eigenvalue weighted by molar-refractivity contribution is 5.27. The third kappa shape index (κ3) is 5.82. The lowest BCUT2D eigenvalue weighted by atomic mass is 10.1. The van der Waals surface area contributed by atoms with Gasteiger partial charge >= 0.3 is 0 Å². The quantitative estimate of drug-likeness (QED) is 0.693. The number of rotatable bonds is 8. The highest BCUT2D eigenvalue weighted by atomic mass is 16.5. The van der Waals surface area contributed by atoms with Crippen molar-refractivity contribution < 1.29 is 4.74 Å². The summed E-state index contributed by atoms with van der Waals surface area (Å²) in [6.07, 6.45) is 4.01. The number of nitrogens with zero attached hydrogens (tertiary/aromatic N) is 2. The van der Waals surface area contributed by atoms with Crippen molar-refractivity contribution >= 4 is 5.95 Å². The Morgan fingerprint density at radius 2 is 2.17 bits per heavy atom. The van der Waals surface area contributed by atoms with E-state index in [0.717, 1.165) is 25.9 Å². The van der Waals surface area contributed by atoms with Gasteiger partial charge in [-0.25, -0.2) is 4.98 Å². The number of anilines is 1. The Kier molecular flexibility index (Phi) is 6.43. The molecule has 0 spiro atoms. The standard InChI is InChI=1S/C13H24N4O/c1-10(2)18-12-6-8-16-13(17-12)15-7-4-5-11(3)9-14/h6,8,10-11H,4-5,7,9,14H2,1-3H3,(H,15,16,17). The number of aromatic nitrogens is 2. The van der Waals surface area contributed by atoms with Gasteiger partial charge in [0.05, 0.1) is 6.10 Å². The second kappa shape index (κ2) is 7.87. The predicted octanol–water partition coefficient (Wildman–Crippen LogP) is 2.05. The Morgan fingerprint density at radius 1 is 1.39 bits per heavy atom. The summed E-state index contributed by atoms with van der Waals surface area (Å²) in [5.74, 6) is 1.80. The van der Waals surface area contributed by atoms with E-state index < -0.39 is 0 Å². The maximum Gasteiger partial charge on any atom is 0.225 e. The van der Waals surface area contributed by atoms with Crippen LogP contribution in [0, 0.1) is 5.92 Å². The maximum atomic E-state index is 5.57. The first-order chi connectivity index (χ1) is 8.61. The molecule has 3 N–H and O–H groups in total. The van der Waals surface area contributed by atoms with E-state index in [1.165, 1.54) is 0 Å². The van der Waals surface area contributed by atoms with Gasteiger partial charge < -0.3 is 15.8 Å². The van der Waals surface area contributed by atoms with Crippen LogP contribution < -0.4 is 15.8 Å². The van der Waals surface area contributed by atoms with Crippen LogP contribution in [0.1, 0.15) is 33.6 Å². The molecule has 0 bridgehead atoms. The molecule has 1 unspecified atom stereocenters. The number of hydrogen-bond donors (Lipinski definition) is 2. The molecule has 1 aromatic rings. The minimum atomic E-state index is 0.123. The molecule has 5 nitrogen and oxygen atoms in total. The highest BCUT2D eigenvalue weighted by Gasteiger charge is 2.02. The van der Waals surface area contributed by atoms with Crippen molar-refractivity contribution in [2.45, 2.75) is 39.7 Å². The molecule has 1 heterocycles. The van der Waals surface area contributed by atoms with Gasteiger partial charge in [-0.1, -0.05) is 6.92 Å². The molecule has 1 aromatic heterocycles. The van der Waals surface area contributed by atoms with Gasteiger partial charge in [-0.05, 0) is 39.2 Å². The van der Waals surface area contributed by atoms with Gasteiger partial charge in [0, 0.05) is 18.8 Å². The zero-order valence-corrected chi connectivity index (χ0v) is 11.5. The summed E-state index contributed by atoms with van der Waals surface area (Å²) in [4.78, 5) is 8.44. The largest absolute Gasteiger partial charge is 0.475 e. The average molecular weight is 252 g/mol. The van der Waals surface area contributed by atoms with Crippen LogP contribution in [0.2, 0.25) is 0 Å². The summed E-state index contributed by atoms with van der Waals surface area (Å²) < 4.78 is 5.51. The molecular weight excluding hydrogens is 228 g/mol. The summed E-state index contributed by atoms with van der Waals surface area (Å²) in [6.45, 7) is 7.71. The minimum Gasteiger partial charge on any atom is -0.475 e. The Morgan fingerprint density at radius 3 is 2.83 bits per heavy atom. The smallest absolute Gasteiger partial charge is 0.225 e. The van der Waals surface area contributed by atoms with E-state index in [1.807, 2.05) is 13.8 Å². The second-order valence-electron chi connectivity index (χ2n) is 4.79. The molecule has 1 atom stereocenters. The van der Waals surface area contributed by atoms with Gasteiger partial charge in [-0.3, -0.25) is 0 Å². The third-order valence-corrected chi connectivity index (χ3v) is 2.55. The van der Waals surface area contributed by atoms with Gasteiger partial charge in [0.1, 0.15) is 0 Å². The molecule has 5 heteroatoms. The van der Waals surface area contributed by atoms with E-state index in [2.05, 4.69) is 22.2 Å². The van der Waals surface area contributed by atoms with Gasteiger partial charge in [-0.2, -0.15) is 4.98 Å². The van der Waals surface area contributed by atoms with Crippen molar-refractivity contribution in [3.05, 3.63) is 12.3 Å². The van der Waals surface area contributed by atoms with Crippen molar-refractivity contribution in [3.8, 4) is 5.88 Å². The molecule has 0 saturated carbocycles. The molecule has 0 aliphatic rings. The van der Waals surface area contributed by atoms with Crippen LogP contribution in [0.3, 0.4) is 0 Å². The molecule has 0 amide bonds. The molecule has 0 fully saturated rings. The van der Waals surface area contributed by atoms with Crippen molar-refractivity contribution in [3.63, 3.8) is 0 Å². The lowest BCUT2D eigenvalue weighted by molar-refractivity contribution is 0.232. The first-order valence-electron chi connectivity index (χ1n) is 6.55. The molecule has 0 aromatic carbocycles. The summed E-state index contributed by atoms with van der Waals surface area (Å²) in [6, 6.07) is 1.77. The molecule has 0 saturated heterocycles. The van der Waals surface area contributed by atoms with Crippen LogP contribution in [-0.4, -0.2) is 29.2 Å². The zero-order chi connectivity index (χ0) is 13.4. The molecule has 1 rings (SSSR count). The van der Waals surface area contributed by atoms with Gasteiger partial charge in [0.2, 0.25) is 11.8 Å². The van der Waals surface area contributed by atoms with Crippen molar-refractivity contribution in [1.29, 1.82) is 0 Å². The predicted molar refractivity (Wildman–Crippen MR) is 73.7 cm³/mol. The number of nitrogens with two attached hydrogens (primary N) is 1. The van der Waals surface area contributed by atoms with E-state index in [0.29, 0.717) is 17.7 Å². The van der Waals surface area contributed by atoms with E-state index in [-0.39, 0.29) is 6.10 Å². The topological polar surface area (TPSA) is 73.1 Å². The summed E-state index contributed by atoms with van der Waals surface area (Å²) in [5, 5.41) is 3.19. The fourth-order valence-corrected chi connectivity index (χ4v) is 1.50. The fourth-order valence-electron chi connectivity index (χ4n) is 1.50. The van der Waals surface area contributed by atoms with Crippen LogP contribution in [0.15, 0.2) is 12.3 Å². The van der Waals surface area contributed by atoms with E-state index in [9.17, 15) is 0 Å². The Labute approximate surface area is 109 Å². The van der Waals surface area contributed by atoms with Gasteiger partial charge in [0.15, 0.2) is 0 Å². The minimum absolute atomic E-state index is 0.123.